The number of benzene rings is 2. The van der Waals surface area contributed by atoms with E-state index in [9.17, 15) is 10.1 Å². The number of nitrogens with zero attached hydrogens (tertiary/aromatic N) is 1. The maximum atomic E-state index is 12.3. The average Bonchev–Trinajstić information content (AvgIpc) is 2.66. The van der Waals surface area contributed by atoms with Gasteiger partial charge in [0.05, 0.1) is 3.57 Å². The van der Waals surface area contributed by atoms with E-state index in [4.69, 9.17) is 11.2 Å². The van der Waals surface area contributed by atoms with Crippen molar-refractivity contribution >= 4 is 40.3 Å². The van der Waals surface area contributed by atoms with Crippen LogP contribution in [-0.4, -0.2) is 12.5 Å². The van der Waals surface area contributed by atoms with Crippen molar-refractivity contribution in [3.8, 4) is 24.2 Å². The lowest BCUT2D eigenvalue weighted by molar-refractivity contribution is -0.112. The Balaban J connectivity index is 2.15. The monoisotopic (exact) mass is 456 g/mol. The van der Waals surface area contributed by atoms with Gasteiger partial charge < -0.3 is 10.1 Å². The summed E-state index contributed by atoms with van der Waals surface area (Å²) in [4.78, 5) is 12.3. The highest BCUT2D eigenvalue weighted by Gasteiger charge is 2.10. The van der Waals surface area contributed by atoms with Gasteiger partial charge in [-0.15, -0.1) is 6.42 Å². The third-order valence-electron chi connectivity index (χ3n) is 3.56. The van der Waals surface area contributed by atoms with Gasteiger partial charge in [-0.25, -0.2) is 0 Å². The summed E-state index contributed by atoms with van der Waals surface area (Å²) in [6.07, 6.45) is 7.66. The molecule has 0 aliphatic rings. The van der Waals surface area contributed by atoms with E-state index in [1.54, 1.807) is 18.2 Å². The van der Waals surface area contributed by atoms with E-state index < -0.39 is 5.91 Å². The summed E-state index contributed by atoms with van der Waals surface area (Å²) < 4.78 is 6.26. The van der Waals surface area contributed by atoms with E-state index in [1.165, 1.54) is 5.56 Å². The number of terminal acetylenes is 1. The highest BCUT2D eigenvalue weighted by Crippen LogP contribution is 2.23. The summed E-state index contributed by atoms with van der Waals surface area (Å²) in [5.41, 5.74) is 2.59. The van der Waals surface area contributed by atoms with Crippen LogP contribution in [0.5, 0.6) is 5.75 Å². The fourth-order valence-electron chi connectivity index (χ4n) is 2.18. The van der Waals surface area contributed by atoms with Gasteiger partial charge in [0.1, 0.15) is 24.0 Å². The van der Waals surface area contributed by atoms with E-state index in [1.807, 2.05) is 36.4 Å². The number of ether oxygens (including phenoxy) is 1. The zero-order valence-electron chi connectivity index (χ0n) is 14.3. The SMILES string of the molecule is C#CCOc1ccc(/C=C(\C#N)C(=O)Nc2ccc(CC)cc2)cc1I. The van der Waals surface area contributed by atoms with Crippen molar-refractivity contribution in [3.05, 3.63) is 62.7 Å². The summed E-state index contributed by atoms with van der Waals surface area (Å²) in [6.45, 7) is 2.25. The second kappa shape index (κ2) is 9.65. The Bertz CT molecular complexity index is 903. The Labute approximate surface area is 167 Å². The van der Waals surface area contributed by atoms with Gasteiger partial charge >= 0.3 is 0 Å². The van der Waals surface area contributed by atoms with Crippen molar-refractivity contribution in [1.82, 2.24) is 0 Å². The second-order valence-electron chi connectivity index (χ2n) is 5.36. The van der Waals surface area contributed by atoms with Gasteiger partial charge in [-0.2, -0.15) is 5.26 Å². The summed E-state index contributed by atoms with van der Waals surface area (Å²) in [6, 6.07) is 14.9. The summed E-state index contributed by atoms with van der Waals surface area (Å²) >= 11 is 2.12. The zero-order valence-corrected chi connectivity index (χ0v) is 16.4. The normalized spacial score (nSPS) is 10.5. The molecule has 4 nitrogen and oxygen atoms in total. The van der Waals surface area contributed by atoms with Gasteiger partial charge in [0.2, 0.25) is 0 Å². The average molecular weight is 456 g/mol. The number of hydrogen-bond acceptors (Lipinski definition) is 3. The Morgan fingerprint density at radius 3 is 2.62 bits per heavy atom. The Morgan fingerprint density at radius 1 is 1.31 bits per heavy atom. The van der Waals surface area contributed by atoms with Crippen LogP contribution in [-0.2, 0) is 11.2 Å². The molecule has 0 aliphatic carbocycles. The fourth-order valence-corrected chi connectivity index (χ4v) is 2.88. The summed E-state index contributed by atoms with van der Waals surface area (Å²) in [5.74, 6) is 2.63. The van der Waals surface area contributed by atoms with Crippen molar-refractivity contribution in [2.45, 2.75) is 13.3 Å². The number of amides is 1. The van der Waals surface area contributed by atoms with Crippen molar-refractivity contribution in [1.29, 1.82) is 5.26 Å². The van der Waals surface area contributed by atoms with E-state index in [-0.39, 0.29) is 12.2 Å². The molecule has 0 aliphatic heterocycles. The largest absolute Gasteiger partial charge is 0.480 e. The number of rotatable bonds is 6. The smallest absolute Gasteiger partial charge is 0.266 e. The molecule has 5 heteroatoms. The molecule has 0 spiro atoms. The predicted molar refractivity (Wildman–Crippen MR) is 112 cm³/mol. The molecular formula is C21H17IN2O2. The first-order valence-corrected chi connectivity index (χ1v) is 9.03. The molecule has 26 heavy (non-hydrogen) atoms. The Hall–Kier alpha value is -2.77. The van der Waals surface area contributed by atoms with Crippen LogP contribution in [0, 0.1) is 27.2 Å². The van der Waals surface area contributed by atoms with Gasteiger partial charge in [-0.3, -0.25) is 4.79 Å². The van der Waals surface area contributed by atoms with Crippen LogP contribution in [0.1, 0.15) is 18.1 Å². The minimum Gasteiger partial charge on any atom is -0.480 e. The zero-order chi connectivity index (χ0) is 18.9. The molecule has 1 N–H and O–H groups in total. The molecule has 0 radical (unpaired) electrons. The first-order valence-electron chi connectivity index (χ1n) is 7.95. The molecule has 0 bridgehead atoms. The lowest BCUT2D eigenvalue weighted by atomic mass is 10.1. The molecule has 130 valence electrons. The van der Waals surface area contributed by atoms with Gasteiger partial charge in [0.15, 0.2) is 0 Å². The first kappa shape index (κ1) is 19.6. The number of carbonyl (C=O) groups is 1. The molecule has 0 atom stereocenters. The molecule has 1 amide bonds. The molecule has 2 aromatic rings. The second-order valence-corrected chi connectivity index (χ2v) is 6.52. The van der Waals surface area contributed by atoms with Gasteiger partial charge in [0.25, 0.3) is 5.91 Å². The van der Waals surface area contributed by atoms with E-state index in [2.05, 4.69) is 40.8 Å². The van der Waals surface area contributed by atoms with Crippen molar-refractivity contribution in [2.75, 3.05) is 11.9 Å². The minimum atomic E-state index is -0.445. The highest BCUT2D eigenvalue weighted by molar-refractivity contribution is 14.1. The number of aryl methyl sites for hydroxylation is 1. The third-order valence-corrected chi connectivity index (χ3v) is 4.41. The Morgan fingerprint density at radius 2 is 2.04 bits per heavy atom. The first-order chi connectivity index (χ1) is 12.6. The lowest BCUT2D eigenvalue weighted by Crippen LogP contribution is -2.13. The number of hydrogen-bond donors (Lipinski definition) is 1. The highest BCUT2D eigenvalue weighted by atomic mass is 127. The maximum Gasteiger partial charge on any atom is 0.266 e. The lowest BCUT2D eigenvalue weighted by Gasteiger charge is -2.07. The van der Waals surface area contributed by atoms with E-state index >= 15 is 0 Å². The van der Waals surface area contributed by atoms with Crippen molar-refractivity contribution in [2.24, 2.45) is 0 Å². The number of anilines is 1. The van der Waals surface area contributed by atoms with Crippen LogP contribution in [0.15, 0.2) is 48.0 Å². The molecule has 0 unspecified atom stereocenters. The quantitative estimate of drug-likeness (QED) is 0.303. The van der Waals surface area contributed by atoms with Gasteiger partial charge in [0, 0.05) is 5.69 Å². The standard InChI is InChI=1S/C21H17IN2O2/c1-3-11-26-20-10-7-16(13-19(20)22)12-17(14-23)21(25)24-18-8-5-15(4-2)6-9-18/h1,5-10,12-13H,4,11H2,2H3,(H,24,25)/b17-12+. The predicted octanol–water partition coefficient (Wildman–Crippen LogP) is 4.41. The van der Waals surface area contributed by atoms with Crippen molar-refractivity contribution in [3.63, 3.8) is 0 Å². The van der Waals surface area contributed by atoms with Gasteiger partial charge in [-0.1, -0.05) is 31.0 Å². The molecule has 0 heterocycles. The third kappa shape index (κ3) is 5.37. The molecule has 2 aromatic carbocycles. The topological polar surface area (TPSA) is 62.1 Å². The Kier molecular flexibility index (Phi) is 7.25. The molecular weight excluding hydrogens is 439 g/mol. The van der Waals surface area contributed by atoms with E-state index in [0.29, 0.717) is 11.4 Å². The molecule has 0 aromatic heterocycles. The van der Waals surface area contributed by atoms with Crippen LogP contribution in [0.3, 0.4) is 0 Å². The van der Waals surface area contributed by atoms with Crippen LogP contribution in [0.2, 0.25) is 0 Å². The molecule has 0 saturated carbocycles. The van der Waals surface area contributed by atoms with Crippen LogP contribution in [0.4, 0.5) is 5.69 Å². The van der Waals surface area contributed by atoms with E-state index in [0.717, 1.165) is 15.6 Å². The number of carbonyl (C=O) groups excluding carboxylic acids is 1. The maximum absolute atomic E-state index is 12.3. The van der Waals surface area contributed by atoms with Crippen molar-refractivity contribution < 1.29 is 9.53 Å². The number of nitrogens with one attached hydrogen (secondary N) is 1. The van der Waals surface area contributed by atoms with Gasteiger partial charge in [-0.05, 0) is 70.5 Å². The summed E-state index contributed by atoms with van der Waals surface area (Å²) in [5, 5.41) is 12.1. The molecule has 0 fully saturated rings. The van der Waals surface area contributed by atoms with Crippen LogP contribution >= 0.6 is 22.6 Å². The molecule has 2 rings (SSSR count). The minimum absolute atomic E-state index is 0.0256. The van der Waals surface area contributed by atoms with Crippen LogP contribution in [0.25, 0.3) is 6.08 Å². The number of halogens is 1. The fraction of sp³-hybridized carbons (Fsp3) is 0.143. The summed E-state index contributed by atoms with van der Waals surface area (Å²) in [7, 11) is 0. The van der Waals surface area contributed by atoms with Crippen LogP contribution < -0.4 is 10.1 Å². The number of nitriles is 1. The molecule has 0 saturated heterocycles.